The first-order chi connectivity index (χ1) is 25.8. The number of ether oxygens (including phenoxy) is 2. The molecule has 0 saturated carbocycles. The molecule has 0 fully saturated rings. The Bertz CT molecular complexity index is 2250. The number of hydrogen-bond acceptors (Lipinski definition) is 8. The fourth-order valence-corrected chi connectivity index (χ4v) is 6.98. The quantitative estimate of drug-likeness (QED) is 0.0799. The summed E-state index contributed by atoms with van der Waals surface area (Å²) < 4.78 is 24.3. The highest BCUT2D eigenvalue weighted by atomic mass is 32.2. The molecule has 6 aromatic rings. The van der Waals surface area contributed by atoms with Crippen molar-refractivity contribution in [3.63, 3.8) is 0 Å². The van der Waals surface area contributed by atoms with Crippen LogP contribution in [0.15, 0.2) is 143 Å². The number of benzene rings is 5. The van der Waals surface area contributed by atoms with Gasteiger partial charge in [-0.1, -0.05) is 54.6 Å². The van der Waals surface area contributed by atoms with Gasteiger partial charge in [-0.25, -0.2) is 9.37 Å². The van der Waals surface area contributed by atoms with Gasteiger partial charge in [-0.05, 0) is 78.4 Å². The van der Waals surface area contributed by atoms with Crippen LogP contribution in [0.3, 0.4) is 0 Å². The molecule has 5 aromatic carbocycles. The number of hydrogen-bond donors (Lipinski definition) is 3. The van der Waals surface area contributed by atoms with E-state index in [0.29, 0.717) is 44.0 Å². The minimum Gasteiger partial charge on any atom is -0.497 e. The highest BCUT2D eigenvalue weighted by molar-refractivity contribution is 8.00. The predicted molar refractivity (Wildman–Crippen MR) is 208 cm³/mol. The molecule has 3 N–H and O–H groups in total. The van der Waals surface area contributed by atoms with Crippen LogP contribution >= 0.6 is 23.1 Å². The van der Waals surface area contributed by atoms with E-state index in [0.717, 1.165) is 11.1 Å². The first-order valence-corrected chi connectivity index (χ1v) is 18.0. The number of thiazole rings is 1. The second kappa shape index (κ2) is 17.3. The number of rotatable bonds is 13. The zero-order chi connectivity index (χ0) is 37.2. The molecule has 3 amide bonds. The number of anilines is 2. The number of halogens is 1. The largest absolute Gasteiger partial charge is 0.497 e. The van der Waals surface area contributed by atoms with Crippen molar-refractivity contribution in [2.45, 2.75) is 10.1 Å². The van der Waals surface area contributed by atoms with E-state index < -0.39 is 17.1 Å². The highest BCUT2D eigenvalue weighted by Gasteiger charge is 2.24. The monoisotopic (exact) mass is 744 g/mol. The van der Waals surface area contributed by atoms with Gasteiger partial charge in [0.1, 0.15) is 28.3 Å². The molecule has 1 unspecified atom stereocenters. The third kappa shape index (κ3) is 9.56. The van der Waals surface area contributed by atoms with Crippen molar-refractivity contribution in [3.05, 3.63) is 161 Å². The van der Waals surface area contributed by atoms with Crippen LogP contribution in [-0.4, -0.2) is 36.9 Å². The molecule has 6 rings (SSSR count). The molecule has 1 heterocycles. The van der Waals surface area contributed by atoms with Gasteiger partial charge in [0, 0.05) is 38.7 Å². The predicted octanol–water partition coefficient (Wildman–Crippen LogP) is 8.85. The van der Waals surface area contributed by atoms with Gasteiger partial charge in [0.25, 0.3) is 11.8 Å². The minimum absolute atomic E-state index is 0.0228. The SMILES string of the molecule is COc1ccc(/C=C(/NC(=O)c2ccccc2)C(=O)Nc2cccc(SC(C(=O)Nc3nc(-c4ccc(F)cc4)cs3)c3ccccc3)c2)c(OC)c1. The van der Waals surface area contributed by atoms with Gasteiger partial charge < -0.3 is 25.4 Å². The summed E-state index contributed by atoms with van der Waals surface area (Å²) >= 11 is 2.57. The summed E-state index contributed by atoms with van der Waals surface area (Å²) in [5.74, 6) is -0.672. The molecule has 53 heavy (non-hydrogen) atoms. The topological polar surface area (TPSA) is 119 Å². The zero-order valence-electron chi connectivity index (χ0n) is 28.5. The summed E-state index contributed by atoms with van der Waals surface area (Å²) in [4.78, 5) is 46.1. The van der Waals surface area contributed by atoms with Crippen LogP contribution in [0.5, 0.6) is 11.5 Å². The fraction of sp³-hybridized carbons (Fsp3) is 0.0732. The van der Waals surface area contributed by atoms with E-state index in [1.54, 1.807) is 84.2 Å². The van der Waals surface area contributed by atoms with Crippen molar-refractivity contribution in [1.82, 2.24) is 10.3 Å². The van der Waals surface area contributed by atoms with E-state index in [9.17, 15) is 18.8 Å². The van der Waals surface area contributed by atoms with Crippen molar-refractivity contribution in [1.29, 1.82) is 0 Å². The molecule has 0 aliphatic rings. The van der Waals surface area contributed by atoms with Crippen LogP contribution in [0.2, 0.25) is 0 Å². The Hall–Kier alpha value is -6.24. The molecule has 0 aliphatic heterocycles. The number of aromatic nitrogens is 1. The molecule has 0 bridgehead atoms. The third-order valence-corrected chi connectivity index (χ3v) is 9.84. The van der Waals surface area contributed by atoms with E-state index in [4.69, 9.17) is 9.47 Å². The summed E-state index contributed by atoms with van der Waals surface area (Å²) in [6, 6.07) is 36.1. The Labute approximate surface area is 313 Å². The molecule has 1 aromatic heterocycles. The average Bonchev–Trinajstić information content (AvgIpc) is 3.66. The average molecular weight is 745 g/mol. The normalized spacial score (nSPS) is 11.6. The summed E-state index contributed by atoms with van der Waals surface area (Å²) in [7, 11) is 3.04. The number of methoxy groups -OCH3 is 2. The standard InChI is InChI=1S/C41H33FN4O5S2/c1-50-32-21-18-29(36(24-32)51-2)22-34(44-38(47)28-12-7-4-8-13-28)39(48)43-31-14-9-15-33(23-31)53-37(27-10-5-3-6-11-27)40(49)46-41-45-35(25-52-41)26-16-19-30(42)20-17-26/h3-25,37H,1-2H3,(H,43,48)(H,44,47)(H,45,46,49)/b34-22+. The number of carbonyl (C=O) groups excluding carboxylic acids is 3. The molecular formula is C41H33FN4O5S2. The van der Waals surface area contributed by atoms with Crippen molar-refractivity contribution in [2.75, 3.05) is 24.9 Å². The summed E-state index contributed by atoms with van der Waals surface area (Å²) in [5, 5.41) is 10.1. The van der Waals surface area contributed by atoms with Crippen molar-refractivity contribution in [3.8, 4) is 22.8 Å². The van der Waals surface area contributed by atoms with Crippen LogP contribution in [0.25, 0.3) is 17.3 Å². The number of amides is 3. The van der Waals surface area contributed by atoms with Gasteiger partial charge in [0.2, 0.25) is 5.91 Å². The molecule has 0 aliphatic carbocycles. The van der Waals surface area contributed by atoms with Crippen LogP contribution in [-0.2, 0) is 9.59 Å². The molecular weight excluding hydrogens is 712 g/mol. The third-order valence-electron chi connectivity index (χ3n) is 7.83. The number of carbonyl (C=O) groups is 3. The number of thioether (sulfide) groups is 1. The lowest BCUT2D eigenvalue weighted by atomic mass is 10.1. The summed E-state index contributed by atoms with van der Waals surface area (Å²) in [6.07, 6.45) is 1.53. The van der Waals surface area contributed by atoms with E-state index in [1.165, 1.54) is 55.5 Å². The molecule has 0 spiro atoms. The lowest BCUT2D eigenvalue weighted by Crippen LogP contribution is -2.30. The Morgan fingerprint density at radius 1 is 0.811 bits per heavy atom. The Morgan fingerprint density at radius 3 is 2.26 bits per heavy atom. The van der Waals surface area contributed by atoms with Gasteiger partial charge in [-0.15, -0.1) is 23.1 Å². The van der Waals surface area contributed by atoms with Crippen LogP contribution in [0.1, 0.15) is 26.7 Å². The maximum Gasteiger partial charge on any atom is 0.272 e. The second-order valence-corrected chi connectivity index (χ2v) is 13.4. The Morgan fingerprint density at radius 2 is 1.55 bits per heavy atom. The van der Waals surface area contributed by atoms with E-state index >= 15 is 0 Å². The van der Waals surface area contributed by atoms with Gasteiger partial charge in [-0.2, -0.15) is 0 Å². The molecule has 9 nitrogen and oxygen atoms in total. The minimum atomic E-state index is -0.677. The maximum absolute atomic E-state index is 13.8. The number of nitrogens with zero attached hydrogens (tertiary/aromatic N) is 1. The van der Waals surface area contributed by atoms with Gasteiger partial charge in [0.05, 0.1) is 19.9 Å². The fourth-order valence-electron chi connectivity index (χ4n) is 5.17. The highest BCUT2D eigenvalue weighted by Crippen LogP contribution is 2.38. The number of nitrogens with one attached hydrogen (secondary N) is 3. The lowest BCUT2D eigenvalue weighted by Gasteiger charge is -2.17. The van der Waals surface area contributed by atoms with Gasteiger partial charge in [0.15, 0.2) is 5.13 Å². The zero-order valence-corrected chi connectivity index (χ0v) is 30.2. The lowest BCUT2D eigenvalue weighted by molar-refractivity contribution is -0.116. The van der Waals surface area contributed by atoms with Crippen LogP contribution in [0.4, 0.5) is 15.2 Å². The molecule has 0 saturated heterocycles. The summed E-state index contributed by atoms with van der Waals surface area (Å²) in [5.41, 5.74) is 3.46. The van der Waals surface area contributed by atoms with Gasteiger partial charge >= 0.3 is 0 Å². The summed E-state index contributed by atoms with van der Waals surface area (Å²) in [6.45, 7) is 0. The molecule has 0 radical (unpaired) electrons. The Balaban J connectivity index is 1.23. The van der Waals surface area contributed by atoms with E-state index in [1.807, 2.05) is 36.4 Å². The molecule has 12 heteroatoms. The van der Waals surface area contributed by atoms with Crippen LogP contribution < -0.4 is 25.4 Å². The Kier molecular flexibility index (Phi) is 11.9. The molecule has 1 atom stereocenters. The van der Waals surface area contributed by atoms with E-state index in [-0.39, 0.29) is 17.4 Å². The van der Waals surface area contributed by atoms with Crippen molar-refractivity contribution in [2.24, 2.45) is 0 Å². The smallest absolute Gasteiger partial charge is 0.272 e. The molecule has 266 valence electrons. The van der Waals surface area contributed by atoms with Crippen molar-refractivity contribution < 1.29 is 28.2 Å². The first-order valence-electron chi connectivity index (χ1n) is 16.2. The van der Waals surface area contributed by atoms with Crippen LogP contribution in [0, 0.1) is 5.82 Å². The van der Waals surface area contributed by atoms with Gasteiger partial charge in [-0.3, -0.25) is 14.4 Å². The first kappa shape index (κ1) is 36.5. The second-order valence-electron chi connectivity index (χ2n) is 11.4. The maximum atomic E-state index is 13.8. The van der Waals surface area contributed by atoms with Crippen molar-refractivity contribution >= 4 is 57.7 Å². The van der Waals surface area contributed by atoms with E-state index in [2.05, 4.69) is 20.9 Å².